The van der Waals surface area contributed by atoms with Crippen LogP contribution in [0.2, 0.25) is 0 Å². The Kier molecular flexibility index (Phi) is 3.77. The molecule has 2 rings (SSSR count). The number of rotatable bonds is 4. The van der Waals surface area contributed by atoms with Gasteiger partial charge in [0.2, 0.25) is 0 Å². The van der Waals surface area contributed by atoms with Crippen LogP contribution in [0.5, 0.6) is 0 Å². The molecule has 0 aliphatic heterocycles. The third-order valence-electron chi connectivity index (χ3n) is 3.23. The predicted molar refractivity (Wildman–Crippen MR) is 72.7 cm³/mol. The van der Waals surface area contributed by atoms with Crippen molar-refractivity contribution in [2.24, 2.45) is 5.73 Å². The first-order valence-electron chi connectivity index (χ1n) is 6.44. The van der Waals surface area contributed by atoms with Crippen LogP contribution < -0.4 is 5.73 Å². The molecule has 0 bridgehead atoms. The Hall–Kier alpha value is -1.68. The fraction of sp³-hybridized carbons (Fsp3) is 0.429. The lowest BCUT2D eigenvalue weighted by Crippen LogP contribution is -2.11. The Morgan fingerprint density at radius 1 is 1.28 bits per heavy atom. The standard InChI is InChI=1S/C14H20N4/c1-4-11-8-12(5-2)18(17-11)14-13(9-15)10(3)6-7-16-14/h6-8H,4-5,9,15H2,1-3H3. The lowest BCUT2D eigenvalue weighted by Gasteiger charge is -2.11. The number of pyridine rings is 1. The maximum atomic E-state index is 5.84. The highest BCUT2D eigenvalue weighted by molar-refractivity contribution is 5.40. The highest BCUT2D eigenvalue weighted by atomic mass is 15.3. The third kappa shape index (κ3) is 2.16. The molecule has 0 amide bonds. The van der Waals surface area contributed by atoms with Crippen molar-refractivity contribution < 1.29 is 0 Å². The topological polar surface area (TPSA) is 56.7 Å². The van der Waals surface area contributed by atoms with Gasteiger partial charge in [-0.1, -0.05) is 13.8 Å². The Morgan fingerprint density at radius 3 is 2.67 bits per heavy atom. The van der Waals surface area contributed by atoms with Crippen LogP contribution in [-0.4, -0.2) is 14.8 Å². The highest BCUT2D eigenvalue weighted by Crippen LogP contribution is 2.18. The van der Waals surface area contributed by atoms with Gasteiger partial charge in [0.15, 0.2) is 5.82 Å². The first-order chi connectivity index (χ1) is 8.71. The van der Waals surface area contributed by atoms with Crippen LogP contribution in [0.4, 0.5) is 0 Å². The molecule has 0 unspecified atom stereocenters. The SMILES string of the molecule is CCc1cc(CC)n(-c2nccc(C)c2CN)n1. The van der Waals surface area contributed by atoms with Crippen LogP contribution in [-0.2, 0) is 19.4 Å². The summed E-state index contributed by atoms with van der Waals surface area (Å²) in [5.74, 6) is 0.869. The summed E-state index contributed by atoms with van der Waals surface area (Å²) in [5, 5.41) is 4.62. The van der Waals surface area contributed by atoms with E-state index in [1.54, 1.807) is 0 Å². The smallest absolute Gasteiger partial charge is 0.158 e. The van der Waals surface area contributed by atoms with E-state index in [-0.39, 0.29) is 0 Å². The molecule has 0 saturated carbocycles. The van der Waals surface area contributed by atoms with E-state index in [2.05, 4.69) is 36.9 Å². The van der Waals surface area contributed by atoms with Crippen molar-refractivity contribution in [2.75, 3.05) is 0 Å². The van der Waals surface area contributed by atoms with Gasteiger partial charge >= 0.3 is 0 Å². The molecule has 0 aliphatic rings. The number of aromatic nitrogens is 3. The van der Waals surface area contributed by atoms with Crippen molar-refractivity contribution >= 4 is 0 Å². The molecular weight excluding hydrogens is 224 g/mol. The summed E-state index contributed by atoms with van der Waals surface area (Å²) in [5.41, 5.74) is 10.3. The highest BCUT2D eigenvalue weighted by Gasteiger charge is 2.13. The molecule has 2 aromatic heterocycles. The maximum absolute atomic E-state index is 5.84. The number of nitrogens with zero attached hydrogens (tertiary/aromatic N) is 3. The third-order valence-corrected chi connectivity index (χ3v) is 3.23. The normalized spacial score (nSPS) is 10.9. The van der Waals surface area contributed by atoms with Crippen molar-refractivity contribution in [3.63, 3.8) is 0 Å². The quantitative estimate of drug-likeness (QED) is 0.896. The zero-order valence-electron chi connectivity index (χ0n) is 11.3. The first-order valence-corrected chi connectivity index (χ1v) is 6.44. The molecule has 4 heteroatoms. The maximum Gasteiger partial charge on any atom is 0.158 e. The fourth-order valence-electron chi connectivity index (χ4n) is 2.09. The van der Waals surface area contributed by atoms with Gasteiger partial charge in [0.1, 0.15) is 0 Å². The van der Waals surface area contributed by atoms with Crippen molar-refractivity contribution in [3.8, 4) is 5.82 Å². The molecule has 2 aromatic rings. The Morgan fingerprint density at radius 2 is 2.06 bits per heavy atom. The average molecular weight is 244 g/mol. The zero-order chi connectivity index (χ0) is 13.1. The van der Waals surface area contributed by atoms with Crippen molar-refractivity contribution in [3.05, 3.63) is 40.8 Å². The summed E-state index contributed by atoms with van der Waals surface area (Å²) >= 11 is 0. The molecule has 0 spiro atoms. The molecule has 18 heavy (non-hydrogen) atoms. The van der Waals surface area contributed by atoms with Crippen molar-refractivity contribution in [1.29, 1.82) is 0 Å². The van der Waals surface area contributed by atoms with Crippen LogP contribution in [0, 0.1) is 6.92 Å². The summed E-state index contributed by atoms with van der Waals surface area (Å²) in [6.07, 6.45) is 3.69. The molecule has 2 heterocycles. The van der Waals surface area contributed by atoms with Crippen LogP contribution in [0.25, 0.3) is 5.82 Å². The van der Waals surface area contributed by atoms with Gasteiger partial charge < -0.3 is 5.73 Å². The molecule has 0 saturated heterocycles. The molecule has 2 N–H and O–H groups in total. The summed E-state index contributed by atoms with van der Waals surface area (Å²) in [6, 6.07) is 4.13. The molecular formula is C14H20N4. The van der Waals surface area contributed by atoms with E-state index in [9.17, 15) is 0 Å². The van der Waals surface area contributed by atoms with E-state index in [4.69, 9.17) is 5.73 Å². The lowest BCUT2D eigenvalue weighted by molar-refractivity contribution is 0.757. The second-order valence-corrected chi connectivity index (χ2v) is 4.38. The Labute approximate surface area is 108 Å². The van der Waals surface area contributed by atoms with E-state index in [1.165, 1.54) is 5.69 Å². The first kappa shape index (κ1) is 12.8. The number of aryl methyl sites for hydroxylation is 3. The largest absolute Gasteiger partial charge is 0.326 e. The molecule has 0 aromatic carbocycles. The van der Waals surface area contributed by atoms with Gasteiger partial charge in [-0.2, -0.15) is 5.10 Å². The molecule has 4 nitrogen and oxygen atoms in total. The minimum Gasteiger partial charge on any atom is -0.326 e. The van der Waals surface area contributed by atoms with Gasteiger partial charge in [-0.05, 0) is 37.5 Å². The predicted octanol–water partition coefficient (Wildman–Crippen LogP) is 2.16. The second-order valence-electron chi connectivity index (χ2n) is 4.38. The Balaban J connectivity index is 2.60. The van der Waals surface area contributed by atoms with Crippen LogP contribution in [0.15, 0.2) is 18.3 Å². The molecule has 96 valence electrons. The zero-order valence-corrected chi connectivity index (χ0v) is 11.3. The molecule has 0 atom stereocenters. The van der Waals surface area contributed by atoms with Crippen LogP contribution in [0.3, 0.4) is 0 Å². The number of nitrogens with two attached hydrogens (primary N) is 1. The second kappa shape index (κ2) is 5.31. The molecule has 0 fully saturated rings. The summed E-state index contributed by atoms with van der Waals surface area (Å²) in [7, 11) is 0. The van der Waals surface area contributed by atoms with Crippen molar-refractivity contribution in [2.45, 2.75) is 40.2 Å². The summed E-state index contributed by atoms with van der Waals surface area (Å²) < 4.78 is 1.94. The van der Waals surface area contributed by atoms with E-state index >= 15 is 0 Å². The van der Waals surface area contributed by atoms with Gasteiger partial charge in [-0.3, -0.25) is 0 Å². The van der Waals surface area contributed by atoms with Gasteiger partial charge in [-0.25, -0.2) is 9.67 Å². The average Bonchev–Trinajstić information content (AvgIpc) is 2.81. The van der Waals surface area contributed by atoms with Gasteiger partial charge in [-0.15, -0.1) is 0 Å². The van der Waals surface area contributed by atoms with Gasteiger partial charge in [0, 0.05) is 24.0 Å². The lowest BCUT2D eigenvalue weighted by atomic mass is 10.1. The van der Waals surface area contributed by atoms with Gasteiger partial charge in [0.25, 0.3) is 0 Å². The number of hydrogen-bond acceptors (Lipinski definition) is 3. The van der Waals surface area contributed by atoms with E-state index in [0.717, 1.165) is 35.5 Å². The minimum atomic E-state index is 0.486. The van der Waals surface area contributed by atoms with E-state index < -0.39 is 0 Å². The van der Waals surface area contributed by atoms with E-state index in [0.29, 0.717) is 6.54 Å². The van der Waals surface area contributed by atoms with Crippen LogP contribution in [0.1, 0.15) is 36.4 Å². The van der Waals surface area contributed by atoms with Crippen LogP contribution >= 0.6 is 0 Å². The molecule has 0 radical (unpaired) electrons. The minimum absolute atomic E-state index is 0.486. The molecule has 0 aliphatic carbocycles. The van der Waals surface area contributed by atoms with Crippen molar-refractivity contribution in [1.82, 2.24) is 14.8 Å². The fourth-order valence-corrected chi connectivity index (χ4v) is 2.09. The monoisotopic (exact) mass is 244 g/mol. The Bertz CT molecular complexity index is 543. The summed E-state index contributed by atoms with van der Waals surface area (Å²) in [6.45, 7) is 6.78. The van der Waals surface area contributed by atoms with Gasteiger partial charge in [0.05, 0.1) is 5.69 Å². The summed E-state index contributed by atoms with van der Waals surface area (Å²) in [4.78, 5) is 4.46. The van der Waals surface area contributed by atoms with E-state index in [1.807, 2.05) is 16.9 Å². The number of hydrogen-bond donors (Lipinski definition) is 1.